The van der Waals surface area contributed by atoms with Crippen molar-refractivity contribution in [1.29, 1.82) is 0 Å². The predicted octanol–water partition coefficient (Wildman–Crippen LogP) is 2.14. The van der Waals surface area contributed by atoms with Crippen molar-refractivity contribution in [1.82, 2.24) is 15.8 Å². The summed E-state index contributed by atoms with van der Waals surface area (Å²) < 4.78 is 5.61. The molecule has 7 nitrogen and oxygen atoms in total. The van der Waals surface area contributed by atoms with Crippen LogP contribution in [0, 0.1) is 0 Å². The Balaban J connectivity index is 1.76. The van der Waals surface area contributed by atoms with Crippen LogP contribution in [-0.2, 0) is 14.4 Å². The van der Waals surface area contributed by atoms with E-state index >= 15 is 0 Å². The number of nitrogens with zero attached hydrogens (tertiary/aromatic N) is 1. The fourth-order valence-corrected chi connectivity index (χ4v) is 2.45. The molecule has 0 saturated heterocycles. The summed E-state index contributed by atoms with van der Waals surface area (Å²) >= 11 is 0. The van der Waals surface area contributed by atoms with E-state index in [1.807, 2.05) is 48.5 Å². The van der Waals surface area contributed by atoms with Crippen molar-refractivity contribution in [2.75, 3.05) is 20.7 Å². The van der Waals surface area contributed by atoms with E-state index in [2.05, 4.69) is 10.9 Å². The van der Waals surface area contributed by atoms with Gasteiger partial charge in [-0.1, -0.05) is 48.5 Å². The van der Waals surface area contributed by atoms with Crippen LogP contribution < -0.4 is 15.6 Å². The number of hydrazine groups is 1. The molecular weight excluding hydrogens is 358 g/mol. The summed E-state index contributed by atoms with van der Waals surface area (Å²) in [6, 6.07) is 17.1. The van der Waals surface area contributed by atoms with Crippen LogP contribution in [0.5, 0.6) is 5.75 Å². The first kappa shape index (κ1) is 21.0. The van der Waals surface area contributed by atoms with Gasteiger partial charge in [0.2, 0.25) is 11.8 Å². The second-order valence-electron chi connectivity index (χ2n) is 6.39. The van der Waals surface area contributed by atoms with Crippen molar-refractivity contribution in [3.05, 3.63) is 54.6 Å². The van der Waals surface area contributed by atoms with Gasteiger partial charge in [-0.3, -0.25) is 25.2 Å². The van der Waals surface area contributed by atoms with Gasteiger partial charge in [-0.05, 0) is 18.1 Å². The minimum Gasteiger partial charge on any atom is -0.483 e. The SMILES string of the molecule is CN(C)C(=O)CCCC(=O)NNC(=O)COc1ccccc1-c1ccccc1. The lowest BCUT2D eigenvalue weighted by molar-refractivity contribution is -0.131. The molecule has 28 heavy (non-hydrogen) atoms. The molecule has 2 N–H and O–H groups in total. The molecule has 0 fully saturated rings. The number of carbonyl (C=O) groups excluding carboxylic acids is 3. The Morgan fingerprint density at radius 1 is 0.857 bits per heavy atom. The Morgan fingerprint density at radius 2 is 1.50 bits per heavy atom. The highest BCUT2D eigenvalue weighted by molar-refractivity contribution is 5.83. The van der Waals surface area contributed by atoms with E-state index in [4.69, 9.17) is 4.74 Å². The van der Waals surface area contributed by atoms with Crippen LogP contribution in [0.4, 0.5) is 0 Å². The molecule has 7 heteroatoms. The molecule has 3 amide bonds. The number of rotatable bonds is 8. The van der Waals surface area contributed by atoms with Gasteiger partial charge in [0.15, 0.2) is 6.61 Å². The van der Waals surface area contributed by atoms with Crippen LogP contribution in [0.3, 0.4) is 0 Å². The molecule has 2 rings (SSSR count). The summed E-state index contributed by atoms with van der Waals surface area (Å²) in [5.74, 6) is -0.287. The Labute approximate surface area is 164 Å². The smallest absolute Gasteiger partial charge is 0.276 e. The largest absolute Gasteiger partial charge is 0.483 e. The van der Waals surface area contributed by atoms with Crippen LogP contribution >= 0.6 is 0 Å². The predicted molar refractivity (Wildman–Crippen MR) is 106 cm³/mol. The van der Waals surface area contributed by atoms with E-state index in [0.717, 1.165) is 11.1 Å². The van der Waals surface area contributed by atoms with Crippen LogP contribution in [0.2, 0.25) is 0 Å². The van der Waals surface area contributed by atoms with Gasteiger partial charge < -0.3 is 9.64 Å². The van der Waals surface area contributed by atoms with Gasteiger partial charge in [-0.2, -0.15) is 0 Å². The maximum atomic E-state index is 11.9. The van der Waals surface area contributed by atoms with Crippen molar-refractivity contribution in [3.63, 3.8) is 0 Å². The molecule has 0 bridgehead atoms. The molecule has 0 atom stereocenters. The van der Waals surface area contributed by atoms with Crippen LogP contribution in [0.15, 0.2) is 54.6 Å². The fourth-order valence-electron chi connectivity index (χ4n) is 2.45. The van der Waals surface area contributed by atoms with Gasteiger partial charge >= 0.3 is 0 Å². The number of hydrogen-bond donors (Lipinski definition) is 2. The molecule has 148 valence electrons. The number of nitrogens with one attached hydrogen (secondary N) is 2. The lowest BCUT2D eigenvalue weighted by Gasteiger charge is -2.12. The minimum absolute atomic E-state index is 0.0395. The van der Waals surface area contributed by atoms with Gasteiger partial charge in [0.1, 0.15) is 5.75 Å². The highest BCUT2D eigenvalue weighted by Gasteiger charge is 2.10. The van der Waals surface area contributed by atoms with Gasteiger partial charge in [0.25, 0.3) is 5.91 Å². The Morgan fingerprint density at radius 3 is 2.21 bits per heavy atom. The van der Waals surface area contributed by atoms with Crippen LogP contribution in [0.1, 0.15) is 19.3 Å². The third kappa shape index (κ3) is 6.75. The molecule has 0 aliphatic carbocycles. The maximum Gasteiger partial charge on any atom is 0.276 e. The Kier molecular flexibility index (Phi) is 8.02. The molecule has 0 unspecified atom stereocenters. The summed E-state index contributed by atoms with van der Waals surface area (Å²) in [5, 5.41) is 0. The second-order valence-corrected chi connectivity index (χ2v) is 6.39. The molecule has 0 saturated carbocycles. The summed E-state index contributed by atoms with van der Waals surface area (Å²) in [6.45, 7) is -0.233. The molecule has 0 radical (unpaired) electrons. The molecule has 2 aromatic rings. The van der Waals surface area contributed by atoms with Crippen LogP contribution in [-0.4, -0.2) is 43.3 Å². The monoisotopic (exact) mass is 383 g/mol. The van der Waals surface area contributed by atoms with E-state index in [1.54, 1.807) is 20.2 Å². The third-order valence-electron chi connectivity index (χ3n) is 3.97. The van der Waals surface area contributed by atoms with Crippen molar-refractivity contribution < 1.29 is 19.1 Å². The average molecular weight is 383 g/mol. The van der Waals surface area contributed by atoms with E-state index in [9.17, 15) is 14.4 Å². The Bertz CT molecular complexity index is 806. The topological polar surface area (TPSA) is 87.7 Å². The first-order valence-corrected chi connectivity index (χ1v) is 9.02. The molecule has 0 spiro atoms. The fraction of sp³-hybridized carbons (Fsp3) is 0.286. The van der Waals surface area contributed by atoms with E-state index < -0.39 is 5.91 Å². The van der Waals surface area contributed by atoms with Gasteiger partial charge in [0.05, 0.1) is 0 Å². The minimum atomic E-state index is -0.472. The molecule has 0 heterocycles. The molecule has 2 aromatic carbocycles. The number of amides is 3. The van der Waals surface area contributed by atoms with E-state index in [0.29, 0.717) is 12.2 Å². The summed E-state index contributed by atoms with van der Waals surface area (Å²) in [6.07, 6.45) is 0.852. The summed E-state index contributed by atoms with van der Waals surface area (Å²) in [7, 11) is 3.33. The number of para-hydroxylation sites is 1. The Hall–Kier alpha value is -3.35. The summed E-state index contributed by atoms with van der Waals surface area (Å²) in [5.41, 5.74) is 6.50. The lowest BCUT2D eigenvalue weighted by atomic mass is 10.1. The number of hydrogen-bond acceptors (Lipinski definition) is 4. The van der Waals surface area contributed by atoms with Crippen molar-refractivity contribution in [2.24, 2.45) is 0 Å². The quantitative estimate of drug-likeness (QED) is 0.684. The zero-order valence-electron chi connectivity index (χ0n) is 16.1. The van der Waals surface area contributed by atoms with Crippen LogP contribution in [0.25, 0.3) is 11.1 Å². The first-order valence-electron chi connectivity index (χ1n) is 9.02. The normalized spacial score (nSPS) is 10.1. The van der Waals surface area contributed by atoms with Gasteiger partial charge in [-0.15, -0.1) is 0 Å². The third-order valence-corrected chi connectivity index (χ3v) is 3.97. The second kappa shape index (κ2) is 10.7. The zero-order chi connectivity index (χ0) is 20.4. The molecule has 0 aliphatic heterocycles. The van der Waals surface area contributed by atoms with E-state index in [1.165, 1.54) is 4.90 Å². The van der Waals surface area contributed by atoms with Crippen molar-refractivity contribution in [2.45, 2.75) is 19.3 Å². The highest BCUT2D eigenvalue weighted by Crippen LogP contribution is 2.29. The molecular formula is C21H25N3O4. The lowest BCUT2D eigenvalue weighted by Crippen LogP contribution is -2.43. The number of benzene rings is 2. The molecule has 0 aromatic heterocycles. The standard InChI is InChI=1S/C21H25N3O4/c1-24(2)21(27)14-8-13-19(25)22-23-20(26)15-28-18-12-7-6-11-17(18)16-9-4-3-5-10-16/h3-7,9-12H,8,13-15H2,1-2H3,(H,22,25)(H,23,26). The average Bonchev–Trinajstić information content (AvgIpc) is 2.71. The molecule has 0 aliphatic rings. The van der Waals surface area contributed by atoms with Gasteiger partial charge in [0, 0.05) is 32.5 Å². The van der Waals surface area contributed by atoms with Crippen molar-refractivity contribution in [3.8, 4) is 16.9 Å². The van der Waals surface area contributed by atoms with Gasteiger partial charge in [-0.25, -0.2) is 0 Å². The summed E-state index contributed by atoms with van der Waals surface area (Å²) in [4.78, 5) is 36.6. The number of carbonyl (C=O) groups is 3. The van der Waals surface area contributed by atoms with Crippen molar-refractivity contribution >= 4 is 17.7 Å². The maximum absolute atomic E-state index is 11.9. The van der Waals surface area contributed by atoms with E-state index in [-0.39, 0.29) is 31.3 Å². The first-order chi connectivity index (χ1) is 13.5. The zero-order valence-corrected chi connectivity index (χ0v) is 16.1. The number of ether oxygens (including phenoxy) is 1. The highest BCUT2D eigenvalue weighted by atomic mass is 16.5.